The molecular formula is C19H28N4O4. The Morgan fingerprint density at radius 2 is 1.70 bits per heavy atom. The summed E-state index contributed by atoms with van der Waals surface area (Å²) in [6.45, 7) is 6.49. The molecule has 8 nitrogen and oxygen atoms in total. The Labute approximate surface area is 159 Å². The second-order valence-corrected chi connectivity index (χ2v) is 7.24. The smallest absolute Gasteiger partial charge is 0.317 e. The molecule has 0 aromatic heterocycles. The number of aliphatic carboxylic acids is 1. The molecule has 148 valence electrons. The Morgan fingerprint density at radius 3 is 2.19 bits per heavy atom. The first-order valence-corrected chi connectivity index (χ1v) is 9.18. The molecule has 1 unspecified atom stereocenters. The van der Waals surface area contributed by atoms with Crippen molar-refractivity contribution in [3.63, 3.8) is 0 Å². The first-order valence-electron chi connectivity index (χ1n) is 9.18. The maximum atomic E-state index is 12.3. The minimum atomic E-state index is -0.881. The molecule has 0 aliphatic carbocycles. The van der Waals surface area contributed by atoms with Crippen molar-refractivity contribution in [2.45, 2.75) is 20.3 Å². The zero-order valence-corrected chi connectivity index (χ0v) is 15.9. The maximum Gasteiger partial charge on any atom is 0.317 e. The SMILES string of the molecule is CC(C)CC(CNC(=O)N1CCN(c2ccc(C(N)=O)cc2)CC1)C(=O)O. The fourth-order valence-electron chi connectivity index (χ4n) is 3.17. The standard InChI is InChI=1S/C19H28N4O4/c1-13(2)11-15(18(25)26)12-21-19(27)23-9-7-22(8-10-23)16-5-3-14(4-6-16)17(20)24/h3-6,13,15H,7-12H2,1-2H3,(H2,20,24)(H,21,27)(H,25,26). The summed E-state index contributed by atoms with van der Waals surface area (Å²) in [5, 5.41) is 12.0. The molecule has 1 heterocycles. The minimum absolute atomic E-state index is 0.140. The fraction of sp³-hybridized carbons (Fsp3) is 0.526. The number of carbonyl (C=O) groups excluding carboxylic acids is 2. The van der Waals surface area contributed by atoms with Crippen molar-refractivity contribution in [1.29, 1.82) is 0 Å². The highest BCUT2D eigenvalue weighted by atomic mass is 16.4. The van der Waals surface area contributed by atoms with Gasteiger partial charge < -0.3 is 26.0 Å². The Bertz CT molecular complexity index is 667. The number of piperazine rings is 1. The predicted octanol–water partition coefficient (Wildman–Crippen LogP) is 1.36. The minimum Gasteiger partial charge on any atom is -0.481 e. The lowest BCUT2D eigenvalue weighted by Crippen LogP contribution is -2.52. The number of benzene rings is 1. The number of carbonyl (C=O) groups is 3. The van der Waals surface area contributed by atoms with E-state index in [1.54, 1.807) is 17.0 Å². The number of rotatable bonds is 7. The average molecular weight is 376 g/mol. The summed E-state index contributed by atoms with van der Waals surface area (Å²) in [4.78, 5) is 38.6. The third kappa shape index (κ3) is 5.87. The molecule has 27 heavy (non-hydrogen) atoms. The van der Waals surface area contributed by atoms with E-state index in [-0.39, 0.29) is 18.5 Å². The third-order valence-corrected chi connectivity index (χ3v) is 4.69. The number of anilines is 1. The van der Waals surface area contributed by atoms with Crippen LogP contribution >= 0.6 is 0 Å². The van der Waals surface area contributed by atoms with Gasteiger partial charge in [-0.2, -0.15) is 0 Å². The van der Waals surface area contributed by atoms with Crippen LogP contribution in [0.2, 0.25) is 0 Å². The number of primary amides is 1. The Hall–Kier alpha value is -2.77. The van der Waals surface area contributed by atoms with E-state index in [0.717, 1.165) is 5.69 Å². The lowest BCUT2D eigenvalue weighted by Gasteiger charge is -2.36. The number of nitrogens with two attached hydrogens (primary N) is 1. The van der Waals surface area contributed by atoms with Crippen LogP contribution in [0.1, 0.15) is 30.6 Å². The Balaban J connectivity index is 1.83. The molecular weight excluding hydrogens is 348 g/mol. The maximum absolute atomic E-state index is 12.3. The lowest BCUT2D eigenvalue weighted by molar-refractivity contribution is -0.142. The van der Waals surface area contributed by atoms with Crippen molar-refractivity contribution in [2.24, 2.45) is 17.6 Å². The molecule has 0 radical (unpaired) electrons. The van der Waals surface area contributed by atoms with Crippen molar-refractivity contribution in [2.75, 3.05) is 37.6 Å². The first-order chi connectivity index (χ1) is 12.8. The molecule has 0 bridgehead atoms. The van der Waals surface area contributed by atoms with Crippen molar-refractivity contribution >= 4 is 23.6 Å². The third-order valence-electron chi connectivity index (χ3n) is 4.69. The summed E-state index contributed by atoms with van der Waals surface area (Å²) in [6, 6.07) is 6.85. The van der Waals surface area contributed by atoms with Crippen LogP contribution in [0.4, 0.5) is 10.5 Å². The van der Waals surface area contributed by atoms with Gasteiger partial charge in [0.1, 0.15) is 0 Å². The molecule has 1 atom stereocenters. The average Bonchev–Trinajstić information content (AvgIpc) is 2.64. The molecule has 0 saturated carbocycles. The first kappa shape index (κ1) is 20.5. The van der Waals surface area contributed by atoms with Crippen LogP contribution in [0.5, 0.6) is 0 Å². The van der Waals surface area contributed by atoms with Crippen LogP contribution in [0.3, 0.4) is 0 Å². The normalized spacial score (nSPS) is 15.5. The van der Waals surface area contributed by atoms with Gasteiger partial charge in [-0.15, -0.1) is 0 Å². The van der Waals surface area contributed by atoms with E-state index in [9.17, 15) is 19.5 Å². The molecule has 1 aromatic carbocycles. The van der Waals surface area contributed by atoms with Gasteiger partial charge in [0.25, 0.3) is 0 Å². The van der Waals surface area contributed by atoms with Gasteiger partial charge in [0, 0.05) is 44.0 Å². The highest BCUT2D eigenvalue weighted by molar-refractivity contribution is 5.93. The van der Waals surface area contributed by atoms with Gasteiger partial charge in [0.05, 0.1) is 5.92 Å². The summed E-state index contributed by atoms with van der Waals surface area (Å²) in [6.07, 6.45) is 0.532. The molecule has 1 aliphatic heterocycles. The van der Waals surface area contributed by atoms with Crippen LogP contribution in [-0.2, 0) is 4.79 Å². The van der Waals surface area contributed by atoms with Crippen LogP contribution in [-0.4, -0.2) is 60.6 Å². The zero-order valence-electron chi connectivity index (χ0n) is 15.9. The largest absolute Gasteiger partial charge is 0.481 e. The Kier molecular flexibility index (Phi) is 7.04. The molecule has 1 aromatic rings. The number of amides is 3. The Morgan fingerprint density at radius 1 is 1.11 bits per heavy atom. The summed E-state index contributed by atoms with van der Waals surface area (Å²) >= 11 is 0. The van der Waals surface area contributed by atoms with Crippen molar-refractivity contribution in [3.8, 4) is 0 Å². The fourth-order valence-corrected chi connectivity index (χ4v) is 3.17. The van der Waals surface area contributed by atoms with E-state index in [0.29, 0.717) is 38.2 Å². The van der Waals surface area contributed by atoms with Crippen LogP contribution < -0.4 is 16.0 Å². The van der Waals surface area contributed by atoms with Crippen LogP contribution in [0, 0.1) is 11.8 Å². The number of hydrogen-bond donors (Lipinski definition) is 3. The zero-order chi connectivity index (χ0) is 20.0. The number of carboxylic acids is 1. The van der Waals surface area contributed by atoms with Gasteiger partial charge in [-0.3, -0.25) is 9.59 Å². The van der Waals surface area contributed by atoms with Gasteiger partial charge in [0.2, 0.25) is 5.91 Å². The van der Waals surface area contributed by atoms with Crippen molar-refractivity contribution < 1.29 is 19.5 Å². The molecule has 0 spiro atoms. The van der Waals surface area contributed by atoms with Crippen LogP contribution in [0.15, 0.2) is 24.3 Å². The molecule has 1 aliphatic rings. The quantitative estimate of drug-likeness (QED) is 0.664. The monoisotopic (exact) mass is 376 g/mol. The molecule has 1 saturated heterocycles. The molecule has 8 heteroatoms. The molecule has 3 amide bonds. The van der Waals surface area contributed by atoms with E-state index >= 15 is 0 Å². The summed E-state index contributed by atoms with van der Waals surface area (Å²) in [5.41, 5.74) is 6.69. The highest BCUT2D eigenvalue weighted by Crippen LogP contribution is 2.17. The van der Waals surface area contributed by atoms with Crippen molar-refractivity contribution in [1.82, 2.24) is 10.2 Å². The topological polar surface area (TPSA) is 116 Å². The van der Waals surface area contributed by atoms with Gasteiger partial charge in [0.15, 0.2) is 0 Å². The number of hydrogen-bond acceptors (Lipinski definition) is 4. The van der Waals surface area contributed by atoms with E-state index in [1.165, 1.54) is 0 Å². The number of nitrogens with zero attached hydrogens (tertiary/aromatic N) is 2. The van der Waals surface area contributed by atoms with Gasteiger partial charge in [-0.1, -0.05) is 13.8 Å². The van der Waals surface area contributed by atoms with Crippen molar-refractivity contribution in [3.05, 3.63) is 29.8 Å². The summed E-state index contributed by atoms with van der Waals surface area (Å²) in [7, 11) is 0. The van der Waals surface area contributed by atoms with Gasteiger partial charge in [-0.05, 0) is 36.6 Å². The number of urea groups is 1. The predicted molar refractivity (Wildman–Crippen MR) is 103 cm³/mol. The van der Waals surface area contributed by atoms with Crippen LogP contribution in [0.25, 0.3) is 0 Å². The van der Waals surface area contributed by atoms with Gasteiger partial charge >= 0.3 is 12.0 Å². The second-order valence-electron chi connectivity index (χ2n) is 7.24. The highest BCUT2D eigenvalue weighted by Gasteiger charge is 2.24. The summed E-state index contributed by atoms with van der Waals surface area (Å²) in [5.74, 6) is -1.65. The number of nitrogens with one attached hydrogen (secondary N) is 1. The van der Waals surface area contributed by atoms with E-state index in [2.05, 4.69) is 10.2 Å². The second kappa shape index (κ2) is 9.25. The molecule has 2 rings (SSSR count). The molecule has 4 N–H and O–H groups in total. The van der Waals surface area contributed by atoms with Gasteiger partial charge in [-0.25, -0.2) is 4.79 Å². The molecule has 1 fully saturated rings. The van der Waals surface area contributed by atoms with E-state index < -0.39 is 17.8 Å². The van der Waals surface area contributed by atoms with E-state index in [1.807, 2.05) is 26.0 Å². The summed E-state index contributed by atoms with van der Waals surface area (Å²) < 4.78 is 0. The van der Waals surface area contributed by atoms with E-state index in [4.69, 9.17) is 5.73 Å². The lowest BCUT2D eigenvalue weighted by atomic mass is 9.97. The number of carboxylic acid groups (broad SMARTS) is 1.